The molecule has 8 nitrogen and oxygen atoms in total. The maximum Gasteiger partial charge on any atom is 0.241 e. The predicted molar refractivity (Wildman–Crippen MR) is 114 cm³/mol. The highest BCUT2D eigenvalue weighted by atomic mass is 16.2. The van der Waals surface area contributed by atoms with Crippen molar-refractivity contribution in [2.45, 2.75) is 71.5 Å². The van der Waals surface area contributed by atoms with E-state index in [9.17, 15) is 4.79 Å². The van der Waals surface area contributed by atoms with Gasteiger partial charge in [-0.2, -0.15) is 10.2 Å². The van der Waals surface area contributed by atoms with Crippen LogP contribution in [0.1, 0.15) is 55.6 Å². The van der Waals surface area contributed by atoms with Crippen LogP contribution in [0.4, 0.5) is 0 Å². The maximum atomic E-state index is 12.6. The van der Waals surface area contributed by atoms with Gasteiger partial charge in [0, 0.05) is 29.7 Å². The third-order valence-electron chi connectivity index (χ3n) is 6.09. The number of carbonyl (C=O) groups excluding carboxylic acids is 1. The van der Waals surface area contributed by atoms with E-state index < -0.39 is 0 Å². The number of rotatable bonds is 6. The molecule has 0 atom stereocenters. The summed E-state index contributed by atoms with van der Waals surface area (Å²) in [5.41, 5.74) is 5.23. The summed E-state index contributed by atoms with van der Waals surface area (Å²) in [6.45, 7) is 6.45. The highest BCUT2D eigenvalue weighted by molar-refractivity contribution is 5.76. The van der Waals surface area contributed by atoms with Crippen molar-refractivity contribution in [1.29, 1.82) is 0 Å². The van der Waals surface area contributed by atoms with E-state index in [4.69, 9.17) is 0 Å². The topological polar surface area (TPSA) is 90.5 Å². The minimum Gasteiger partial charge on any atom is -0.352 e. The standard InChI is InChI=1S/C22H29N7O/c1-4-20-15(2)27-28(16(20)3)13-22(30)26-18-5-7-19(8-6-18)29-12-17(11-25-29)21-9-10-23-14-24-21/h9-12,14,18-19H,4-8,13H2,1-3H3,(H,26,30). The molecule has 1 aliphatic carbocycles. The van der Waals surface area contributed by atoms with E-state index in [0.717, 1.165) is 54.7 Å². The Bertz CT molecular complexity index is 1000. The van der Waals surface area contributed by atoms with Crippen molar-refractivity contribution in [3.8, 4) is 11.3 Å². The summed E-state index contributed by atoms with van der Waals surface area (Å²) in [6.07, 6.45) is 12.0. The van der Waals surface area contributed by atoms with Crippen molar-refractivity contribution < 1.29 is 4.79 Å². The molecule has 0 bridgehead atoms. The molecular weight excluding hydrogens is 378 g/mol. The van der Waals surface area contributed by atoms with Gasteiger partial charge in [0.25, 0.3) is 0 Å². The van der Waals surface area contributed by atoms with Gasteiger partial charge in [-0.05, 0) is 57.6 Å². The predicted octanol–water partition coefficient (Wildman–Crippen LogP) is 3.02. The van der Waals surface area contributed by atoms with Gasteiger partial charge in [-0.25, -0.2) is 9.97 Å². The molecule has 0 saturated heterocycles. The summed E-state index contributed by atoms with van der Waals surface area (Å²) in [7, 11) is 0. The number of hydrogen-bond acceptors (Lipinski definition) is 5. The lowest BCUT2D eigenvalue weighted by atomic mass is 9.91. The first-order chi connectivity index (χ1) is 14.5. The van der Waals surface area contributed by atoms with Crippen molar-refractivity contribution in [2.24, 2.45) is 0 Å². The summed E-state index contributed by atoms with van der Waals surface area (Å²) in [5.74, 6) is 0.0387. The van der Waals surface area contributed by atoms with Gasteiger partial charge in [0.1, 0.15) is 12.9 Å². The molecule has 3 aromatic rings. The van der Waals surface area contributed by atoms with Crippen LogP contribution in [-0.2, 0) is 17.8 Å². The van der Waals surface area contributed by atoms with E-state index in [1.165, 1.54) is 5.56 Å². The summed E-state index contributed by atoms with van der Waals surface area (Å²) < 4.78 is 3.87. The van der Waals surface area contributed by atoms with Crippen LogP contribution in [0.2, 0.25) is 0 Å². The van der Waals surface area contributed by atoms with Gasteiger partial charge in [0.2, 0.25) is 5.91 Å². The summed E-state index contributed by atoms with van der Waals surface area (Å²) in [6, 6.07) is 2.46. The molecule has 4 rings (SSSR count). The monoisotopic (exact) mass is 407 g/mol. The summed E-state index contributed by atoms with van der Waals surface area (Å²) in [4.78, 5) is 20.8. The number of hydrogen-bond donors (Lipinski definition) is 1. The molecule has 8 heteroatoms. The largest absolute Gasteiger partial charge is 0.352 e. The van der Waals surface area contributed by atoms with Crippen LogP contribution in [0, 0.1) is 13.8 Å². The van der Waals surface area contributed by atoms with Crippen molar-refractivity contribution in [1.82, 2.24) is 34.8 Å². The first-order valence-electron chi connectivity index (χ1n) is 10.7. The highest BCUT2D eigenvalue weighted by Crippen LogP contribution is 2.29. The molecule has 0 unspecified atom stereocenters. The zero-order valence-electron chi connectivity index (χ0n) is 17.9. The lowest BCUT2D eigenvalue weighted by Gasteiger charge is -2.29. The third-order valence-corrected chi connectivity index (χ3v) is 6.09. The minimum atomic E-state index is 0.0387. The zero-order valence-corrected chi connectivity index (χ0v) is 17.9. The second kappa shape index (κ2) is 8.77. The first kappa shape index (κ1) is 20.3. The van der Waals surface area contributed by atoms with E-state index in [1.54, 1.807) is 12.5 Å². The molecule has 3 heterocycles. The minimum absolute atomic E-state index is 0.0387. The smallest absolute Gasteiger partial charge is 0.241 e. The first-order valence-corrected chi connectivity index (χ1v) is 10.7. The van der Waals surface area contributed by atoms with Gasteiger partial charge in [0.05, 0.1) is 23.6 Å². The quantitative estimate of drug-likeness (QED) is 0.678. The van der Waals surface area contributed by atoms with Gasteiger partial charge in [0.15, 0.2) is 0 Å². The van der Waals surface area contributed by atoms with Gasteiger partial charge in [-0.3, -0.25) is 14.2 Å². The van der Waals surface area contributed by atoms with Crippen LogP contribution in [0.3, 0.4) is 0 Å². The Balaban J connectivity index is 1.30. The Morgan fingerprint density at radius 2 is 2.03 bits per heavy atom. The van der Waals surface area contributed by atoms with Crippen molar-refractivity contribution in [3.05, 3.63) is 47.9 Å². The number of carbonyl (C=O) groups is 1. The van der Waals surface area contributed by atoms with Crippen molar-refractivity contribution in [3.63, 3.8) is 0 Å². The Labute approximate surface area is 176 Å². The van der Waals surface area contributed by atoms with E-state index in [1.807, 2.05) is 35.5 Å². The highest BCUT2D eigenvalue weighted by Gasteiger charge is 2.24. The van der Waals surface area contributed by atoms with Crippen LogP contribution < -0.4 is 5.32 Å². The van der Waals surface area contributed by atoms with Gasteiger partial charge < -0.3 is 5.32 Å². The van der Waals surface area contributed by atoms with E-state index >= 15 is 0 Å². The normalized spacial score (nSPS) is 19.0. The second-order valence-corrected chi connectivity index (χ2v) is 8.04. The third kappa shape index (κ3) is 4.27. The number of amides is 1. The Morgan fingerprint density at radius 3 is 2.70 bits per heavy atom. The lowest BCUT2D eigenvalue weighted by molar-refractivity contribution is -0.122. The molecule has 1 N–H and O–H groups in total. The average Bonchev–Trinajstić information content (AvgIpc) is 3.34. The molecule has 0 aromatic carbocycles. The van der Waals surface area contributed by atoms with Crippen LogP contribution in [0.5, 0.6) is 0 Å². The second-order valence-electron chi connectivity index (χ2n) is 8.04. The molecule has 1 fully saturated rings. The molecule has 158 valence electrons. The Morgan fingerprint density at radius 1 is 1.23 bits per heavy atom. The van der Waals surface area contributed by atoms with Crippen LogP contribution >= 0.6 is 0 Å². The van der Waals surface area contributed by atoms with E-state index in [2.05, 4.69) is 38.6 Å². The number of aryl methyl sites for hydroxylation is 1. The van der Waals surface area contributed by atoms with E-state index in [-0.39, 0.29) is 18.5 Å². The number of aromatic nitrogens is 6. The summed E-state index contributed by atoms with van der Waals surface area (Å²) in [5, 5.41) is 12.3. The fourth-order valence-electron chi connectivity index (χ4n) is 4.43. The number of nitrogens with zero attached hydrogens (tertiary/aromatic N) is 6. The fourth-order valence-corrected chi connectivity index (χ4v) is 4.43. The fraction of sp³-hybridized carbons (Fsp3) is 0.500. The SMILES string of the molecule is CCc1c(C)nn(CC(=O)NC2CCC(n3cc(-c4ccncn4)cn3)CC2)c1C. The van der Waals surface area contributed by atoms with Crippen LogP contribution in [-0.4, -0.2) is 41.5 Å². The van der Waals surface area contributed by atoms with Crippen LogP contribution in [0.15, 0.2) is 31.0 Å². The molecule has 0 radical (unpaired) electrons. The zero-order chi connectivity index (χ0) is 21.1. The van der Waals surface area contributed by atoms with Crippen molar-refractivity contribution in [2.75, 3.05) is 0 Å². The van der Waals surface area contributed by atoms with E-state index in [0.29, 0.717) is 6.04 Å². The van der Waals surface area contributed by atoms with Gasteiger partial charge in [-0.15, -0.1) is 0 Å². The molecule has 1 aliphatic rings. The van der Waals surface area contributed by atoms with Gasteiger partial charge >= 0.3 is 0 Å². The average molecular weight is 408 g/mol. The molecule has 1 saturated carbocycles. The van der Waals surface area contributed by atoms with Crippen molar-refractivity contribution >= 4 is 5.91 Å². The van der Waals surface area contributed by atoms with Gasteiger partial charge in [-0.1, -0.05) is 6.92 Å². The maximum absolute atomic E-state index is 12.6. The molecule has 3 aromatic heterocycles. The molecule has 30 heavy (non-hydrogen) atoms. The lowest BCUT2D eigenvalue weighted by Crippen LogP contribution is -2.40. The Hall–Kier alpha value is -3.03. The molecule has 1 amide bonds. The molecule has 0 aliphatic heterocycles. The summed E-state index contributed by atoms with van der Waals surface area (Å²) >= 11 is 0. The number of nitrogens with one attached hydrogen (secondary N) is 1. The van der Waals surface area contributed by atoms with Crippen LogP contribution in [0.25, 0.3) is 11.3 Å². The molecular formula is C22H29N7O. The Kier molecular flexibility index (Phi) is 5.92. The molecule has 0 spiro atoms.